The summed E-state index contributed by atoms with van der Waals surface area (Å²) < 4.78 is 25.9. The van der Waals surface area contributed by atoms with E-state index in [1.165, 1.54) is 4.90 Å². The second-order valence-electron chi connectivity index (χ2n) is 8.07. The Bertz CT molecular complexity index is 1010. The van der Waals surface area contributed by atoms with Gasteiger partial charge in [0, 0.05) is 18.1 Å². The molecule has 0 aliphatic rings. The predicted octanol–water partition coefficient (Wildman–Crippen LogP) is 3.30. The first-order chi connectivity index (χ1) is 15.0. The molecule has 9 heteroatoms. The van der Waals surface area contributed by atoms with Gasteiger partial charge in [-0.2, -0.15) is 0 Å². The molecule has 174 valence electrons. The van der Waals surface area contributed by atoms with Gasteiger partial charge in [-0.3, -0.25) is 13.9 Å². The van der Waals surface area contributed by atoms with Crippen LogP contribution in [0.3, 0.4) is 0 Å². The molecule has 7 nitrogen and oxygen atoms in total. The molecule has 0 saturated heterocycles. The van der Waals surface area contributed by atoms with E-state index in [1.54, 1.807) is 61.5 Å². The third-order valence-corrected chi connectivity index (χ3v) is 6.23. The smallest absolute Gasteiger partial charge is 0.244 e. The normalized spacial score (nSPS) is 12.3. The van der Waals surface area contributed by atoms with E-state index in [1.807, 2.05) is 13.8 Å². The summed E-state index contributed by atoms with van der Waals surface area (Å²) >= 11 is 5.96. The number of carbonyl (C=O) groups excluding carboxylic acids is 2. The van der Waals surface area contributed by atoms with Crippen molar-refractivity contribution in [1.82, 2.24) is 10.2 Å². The van der Waals surface area contributed by atoms with Crippen LogP contribution in [-0.2, 0) is 26.2 Å². The van der Waals surface area contributed by atoms with Crippen LogP contribution in [0.5, 0.6) is 0 Å². The number of sulfonamides is 1. The molecule has 0 saturated carbocycles. The molecule has 2 aromatic carbocycles. The van der Waals surface area contributed by atoms with Gasteiger partial charge < -0.3 is 10.2 Å². The maximum atomic E-state index is 13.3. The number of nitrogens with zero attached hydrogens (tertiary/aromatic N) is 2. The third kappa shape index (κ3) is 7.53. The molecule has 0 bridgehead atoms. The van der Waals surface area contributed by atoms with Gasteiger partial charge in [-0.25, -0.2) is 8.42 Å². The van der Waals surface area contributed by atoms with Crippen molar-refractivity contribution in [2.75, 3.05) is 23.7 Å². The number of nitrogens with one attached hydrogen (secondary N) is 1. The molecular weight excluding hydrogens is 450 g/mol. The molecule has 0 unspecified atom stereocenters. The Labute approximate surface area is 195 Å². The molecule has 32 heavy (non-hydrogen) atoms. The van der Waals surface area contributed by atoms with Crippen LogP contribution >= 0.6 is 11.6 Å². The number of amides is 2. The number of hydrogen-bond acceptors (Lipinski definition) is 4. The largest absolute Gasteiger partial charge is 0.354 e. The van der Waals surface area contributed by atoms with Crippen molar-refractivity contribution in [2.45, 2.75) is 33.4 Å². The molecule has 1 N–H and O–H groups in total. The molecule has 1 atom stereocenters. The monoisotopic (exact) mass is 479 g/mol. The van der Waals surface area contributed by atoms with E-state index < -0.39 is 28.5 Å². The summed E-state index contributed by atoms with van der Waals surface area (Å²) in [5, 5.41) is 3.40. The second kappa shape index (κ2) is 11.3. The summed E-state index contributed by atoms with van der Waals surface area (Å²) in [5.41, 5.74) is 1.16. The summed E-state index contributed by atoms with van der Waals surface area (Å²) in [7, 11) is -3.72. The lowest BCUT2D eigenvalue weighted by Crippen LogP contribution is -2.51. The van der Waals surface area contributed by atoms with Crippen LogP contribution in [-0.4, -0.2) is 50.5 Å². The van der Waals surface area contributed by atoms with E-state index in [4.69, 9.17) is 11.6 Å². The highest BCUT2D eigenvalue weighted by atomic mass is 35.5. The minimum Gasteiger partial charge on any atom is -0.354 e. The van der Waals surface area contributed by atoms with Gasteiger partial charge in [0.15, 0.2) is 0 Å². The lowest BCUT2D eigenvalue weighted by atomic mass is 10.1. The highest BCUT2D eigenvalue weighted by Gasteiger charge is 2.30. The molecule has 2 amide bonds. The van der Waals surface area contributed by atoms with Gasteiger partial charge in [-0.15, -0.1) is 0 Å². The molecular formula is C23H30ClN3O4S. The summed E-state index contributed by atoms with van der Waals surface area (Å²) in [6.45, 7) is 5.79. The van der Waals surface area contributed by atoms with Crippen molar-refractivity contribution in [3.8, 4) is 0 Å². The number of carbonyl (C=O) groups is 2. The maximum absolute atomic E-state index is 13.3. The Morgan fingerprint density at radius 1 is 1.00 bits per heavy atom. The highest BCUT2D eigenvalue weighted by Crippen LogP contribution is 2.19. The minimum absolute atomic E-state index is 0.138. The van der Waals surface area contributed by atoms with Gasteiger partial charge in [-0.05, 0) is 42.7 Å². The lowest BCUT2D eigenvalue weighted by Gasteiger charge is -2.31. The first-order valence-corrected chi connectivity index (χ1v) is 12.6. The zero-order chi connectivity index (χ0) is 23.9. The number of anilines is 1. The van der Waals surface area contributed by atoms with Crippen LogP contribution in [0.1, 0.15) is 26.3 Å². The van der Waals surface area contributed by atoms with E-state index >= 15 is 0 Å². The van der Waals surface area contributed by atoms with Gasteiger partial charge in [0.25, 0.3) is 0 Å². The quantitative estimate of drug-likeness (QED) is 0.566. The standard InChI is InChI=1S/C23H30ClN3O4S/c1-17(2)14-25-23(29)18(3)26(15-19-10-12-20(24)13-11-19)22(28)16-27(32(4,30)31)21-8-6-5-7-9-21/h5-13,17-18H,14-16H2,1-4H3,(H,25,29)/t18-/m1/s1. The average molecular weight is 480 g/mol. The van der Waals surface area contributed by atoms with E-state index in [2.05, 4.69) is 5.32 Å². The van der Waals surface area contributed by atoms with Gasteiger partial charge in [0.2, 0.25) is 21.8 Å². The number of hydrogen-bond donors (Lipinski definition) is 1. The van der Waals surface area contributed by atoms with Crippen LogP contribution in [0.15, 0.2) is 54.6 Å². The Morgan fingerprint density at radius 3 is 2.12 bits per heavy atom. The summed E-state index contributed by atoms with van der Waals surface area (Å²) in [6.07, 6.45) is 1.05. The molecule has 0 aromatic heterocycles. The number of benzene rings is 2. The van der Waals surface area contributed by atoms with E-state index in [-0.39, 0.29) is 18.4 Å². The van der Waals surface area contributed by atoms with E-state index in [9.17, 15) is 18.0 Å². The highest BCUT2D eigenvalue weighted by molar-refractivity contribution is 7.92. The number of halogens is 1. The maximum Gasteiger partial charge on any atom is 0.244 e. The first-order valence-electron chi connectivity index (χ1n) is 10.3. The van der Waals surface area contributed by atoms with Crippen molar-refractivity contribution in [3.63, 3.8) is 0 Å². The zero-order valence-electron chi connectivity index (χ0n) is 18.8. The van der Waals surface area contributed by atoms with Crippen molar-refractivity contribution in [3.05, 3.63) is 65.2 Å². The number of para-hydroxylation sites is 1. The fraction of sp³-hybridized carbons (Fsp3) is 0.391. The SMILES string of the molecule is CC(C)CNC(=O)[C@@H](C)N(Cc1ccc(Cl)cc1)C(=O)CN(c1ccccc1)S(C)(=O)=O. The number of rotatable bonds is 10. The van der Waals surface area contributed by atoms with Crippen molar-refractivity contribution in [2.24, 2.45) is 5.92 Å². The molecule has 0 aliphatic heterocycles. The van der Waals surface area contributed by atoms with Crippen LogP contribution in [0, 0.1) is 5.92 Å². The molecule has 0 aliphatic carbocycles. The molecule has 0 heterocycles. The fourth-order valence-electron chi connectivity index (χ4n) is 3.03. The fourth-order valence-corrected chi connectivity index (χ4v) is 4.01. The summed E-state index contributed by atoms with van der Waals surface area (Å²) in [5.74, 6) is -0.529. The average Bonchev–Trinajstić information content (AvgIpc) is 2.74. The zero-order valence-corrected chi connectivity index (χ0v) is 20.4. The van der Waals surface area contributed by atoms with Crippen LogP contribution < -0.4 is 9.62 Å². The first kappa shape index (κ1) is 25.7. The van der Waals surface area contributed by atoms with Crippen molar-refractivity contribution < 1.29 is 18.0 Å². The second-order valence-corrected chi connectivity index (χ2v) is 10.4. The summed E-state index contributed by atoms with van der Waals surface area (Å²) in [6, 6.07) is 14.6. The molecule has 0 radical (unpaired) electrons. The Kier molecular flexibility index (Phi) is 9.09. The topological polar surface area (TPSA) is 86.8 Å². The van der Waals surface area contributed by atoms with Gasteiger partial charge in [0.05, 0.1) is 11.9 Å². The predicted molar refractivity (Wildman–Crippen MR) is 128 cm³/mol. The molecule has 2 rings (SSSR count). The Morgan fingerprint density at radius 2 is 1.59 bits per heavy atom. The molecule has 2 aromatic rings. The van der Waals surface area contributed by atoms with E-state index in [0.29, 0.717) is 17.3 Å². The van der Waals surface area contributed by atoms with E-state index in [0.717, 1.165) is 16.1 Å². The van der Waals surface area contributed by atoms with Crippen LogP contribution in [0.4, 0.5) is 5.69 Å². The molecule has 0 spiro atoms. The van der Waals surface area contributed by atoms with Crippen LogP contribution in [0.2, 0.25) is 5.02 Å². The van der Waals surface area contributed by atoms with Crippen molar-refractivity contribution >= 4 is 39.1 Å². The van der Waals surface area contributed by atoms with Gasteiger partial charge in [0.1, 0.15) is 12.6 Å². The van der Waals surface area contributed by atoms with Crippen molar-refractivity contribution in [1.29, 1.82) is 0 Å². The molecule has 0 fully saturated rings. The lowest BCUT2D eigenvalue weighted by molar-refractivity contribution is -0.139. The Balaban J connectivity index is 2.32. The van der Waals surface area contributed by atoms with Crippen LogP contribution in [0.25, 0.3) is 0 Å². The third-order valence-electron chi connectivity index (χ3n) is 4.84. The Hall–Kier alpha value is -2.58. The van der Waals surface area contributed by atoms with Gasteiger partial charge in [-0.1, -0.05) is 55.8 Å². The minimum atomic E-state index is -3.72. The van der Waals surface area contributed by atoms with Gasteiger partial charge >= 0.3 is 0 Å². The summed E-state index contributed by atoms with van der Waals surface area (Å²) in [4.78, 5) is 27.5.